The summed E-state index contributed by atoms with van der Waals surface area (Å²) in [5.74, 6) is -10.5. The number of carboxylic acids is 2. The van der Waals surface area contributed by atoms with Crippen LogP contribution in [0.5, 0.6) is 0 Å². The van der Waals surface area contributed by atoms with Crippen LogP contribution in [0.25, 0.3) is 11.1 Å². The van der Waals surface area contributed by atoms with E-state index in [1.807, 2.05) is 48.5 Å². The average Bonchev–Trinajstić information content (AvgIpc) is 3.58. The number of carbonyl (C=O) groups excluding carboxylic acids is 7. The van der Waals surface area contributed by atoms with Crippen LogP contribution in [0.4, 0.5) is 4.79 Å². The molecule has 10 N–H and O–H groups in total. The number of nitrogens with one attached hydrogen (secondary N) is 6. The molecule has 6 atom stereocenters. The van der Waals surface area contributed by atoms with E-state index in [9.17, 15) is 53.4 Å². The highest BCUT2D eigenvalue weighted by atomic mass is 16.5. The predicted molar refractivity (Wildman–Crippen MR) is 249 cm³/mol. The Morgan fingerprint density at radius 2 is 1.09 bits per heavy atom. The normalized spacial score (nSPS) is 15.0. The van der Waals surface area contributed by atoms with Crippen molar-refractivity contribution < 1.29 is 58.1 Å². The van der Waals surface area contributed by atoms with Crippen LogP contribution in [0.1, 0.15) is 90.3 Å². The lowest BCUT2D eigenvalue weighted by atomic mass is 9.90. The molecule has 19 nitrogen and oxygen atoms in total. The van der Waals surface area contributed by atoms with Crippen LogP contribution in [0, 0.1) is 17.8 Å². The molecule has 0 radical (unpaired) electrons. The van der Waals surface area contributed by atoms with Gasteiger partial charge in [0.2, 0.25) is 35.4 Å². The van der Waals surface area contributed by atoms with Crippen molar-refractivity contribution in [2.24, 2.45) is 23.5 Å². The smallest absolute Gasteiger partial charge is 0.408 e. The van der Waals surface area contributed by atoms with Crippen molar-refractivity contribution in [1.29, 1.82) is 0 Å². The molecule has 0 aromatic heterocycles. The molecule has 19 heteroatoms. The summed E-state index contributed by atoms with van der Waals surface area (Å²) in [5.41, 5.74) is 8.47. The largest absolute Gasteiger partial charge is 0.481 e. The van der Waals surface area contributed by atoms with Gasteiger partial charge in [-0.15, -0.1) is 0 Å². The number of benzene rings is 3. The number of carboxylic acid groups (broad SMARTS) is 2. The average molecular weight is 942 g/mol. The van der Waals surface area contributed by atoms with Gasteiger partial charge in [0.25, 0.3) is 0 Å². The lowest BCUT2D eigenvalue weighted by molar-refractivity contribution is -0.144. The van der Waals surface area contributed by atoms with Crippen LogP contribution in [0.3, 0.4) is 0 Å². The summed E-state index contributed by atoms with van der Waals surface area (Å²) < 4.78 is 5.81. The Hall–Kier alpha value is -7.31. The second kappa shape index (κ2) is 23.9. The van der Waals surface area contributed by atoms with Gasteiger partial charge >= 0.3 is 18.0 Å². The summed E-state index contributed by atoms with van der Waals surface area (Å²) >= 11 is 0. The van der Waals surface area contributed by atoms with Crippen molar-refractivity contribution in [1.82, 2.24) is 31.9 Å². The van der Waals surface area contributed by atoms with Crippen molar-refractivity contribution in [3.63, 3.8) is 0 Å². The second-order valence-corrected chi connectivity index (χ2v) is 18.3. The summed E-state index contributed by atoms with van der Waals surface area (Å²) in [6.45, 7) is 11.4. The van der Waals surface area contributed by atoms with Gasteiger partial charge in [0.1, 0.15) is 42.4 Å². The van der Waals surface area contributed by atoms with E-state index < -0.39 is 114 Å². The van der Waals surface area contributed by atoms with Crippen LogP contribution in [0.15, 0.2) is 78.9 Å². The third-order valence-electron chi connectivity index (χ3n) is 11.5. The molecule has 3 aromatic carbocycles. The fourth-order valence-electron chi connectivity index (χ4n) is 7.95. The molecule has 0 fully saturated rings. The maximum absolute atomic E-state index is 14.4. The minimum Gasteiger partial charge on any atom is -0.481 e. The zero-order valence-electron chi connectivity index (χ0n) is 39.3. The molecule has 68 heavy (non-hydrogen) atoms. The zero-order chi connectivity index (χ0) is 50.5. The van der Waals surface area contributed by atoms with Gasteiger partial charge in [0.15, 0.2) is 0 Å². The van der Waals surface area contributed by atoms with Crippen LogP contribution >= 0.6 is 0 Å². The predicted octanol–water partition coefficient (Wildman–Crippen LogP) is 2.74. The SMILES string of the molecule is CC(C)C[C@H](NC(=O)[C@H](CC(=O)O)NC(=O)[C@H](CC(N)=O)NC(=O)[C@@H](NC(=O)[C@@H](NC(=O)[C@](C)(Cc1ccccc1)NC(=O)OCC1c2ccccc2-c2ccccc21)C(C)C)C(C)C)C(=O)O. The summed E-state index contributed by atoms with van der Waals surface area (Å²) in [6, 6.07) is 16.9. The molecule has 3 aromatic rings. The first-order valence-corrected chi connectivity index (χ1v) is 22.4. The Balaban J connectivity index is 1.51. The molecule has 7 amide bonds. The van der Waals surface area contributed by atoms with E-state index in [2.05, 4.69) is 31.9 Å². The molecule has 0 spiro atoms. The fourth-order valence-corrected chi connectivity index (χ4v) is 7.95. The monoisotopic (exact) mass is 941 g/mol. The molecule has 1 aliphatic rings. The van der Waals surface area contributed by atoms with E-state index >= 15 is 0 Å². The molecule has 0 heterocycles. The van der Waals surface area contributed by atoms with E-state index in [-0.39, 0.29) is 31.3 Å². The Bertz CT molecular complexity index is 2290. The number of hydrogen-bond donors (Lipinski definition) is 9. The van der Waals surface area contributed by atoms with E-state index in [1.54, 1.807) is 71.9 Å². The lowest BCUT2D eigenvalue weighted by Crippen LogP contribution is -2.64. The quantitative estimate of drug-likeness (QED) is 0.0627. The zero-order valence-corrected chi connectivity index (χ0v) is 39.3. The maximum Gasteiger partial charge on any atom is 0.408 e. The Morgan fingerprint density at radius 3 is 1.59 bits per heavy atom. The minimum atomic E-state index is -1.83. The van der Waals surface area contributed by atoms with Crippen molar-refractivity contribution in [3.05, 3.63) is 95.6 Å². The van der Waals surface area contributed by atoms with Gasteiger partial charge < -0.3 is 52.6 Å². The Morgan fingerprint density at radius 1 is 0.618 bits per heavy atom. The number of amides is 7. The Kier molecular flexibility index (Phi) is 18.8. The van der Waals surface area contributed by atoms with Crippen molar-refractivity contribution in [2.45, 2.75) is 116 Å². The van der Waals surface area contributed by atoms with Gasteiger partial charge in [0.05, 0.1) is 12.8 Å². The molecule has 0 saturated heterocycles. The molecule has 366 valence electrons. The lowest BCUT2D eigenvalue weighted by Gasteiger charge is -2.33. The standard InChI is InChI=1S/C49H63N7O12/c1-26(2)21-37(46(64)65)53-43(61)36(23-39(58)59)51-42(60)35(22-38(50)57)52-44(62)40(27(3)4)54-45(63)41(28(5)6)55-47(66)49(7,24-29-15-9-8-10-16-29)56-48(67)68-25-34-32-19-13-11-17-30(32)31-18-12-14-20-33(31)34/h8-20,26-28,34-37,40-41H,21-25H2,1-7H3,(H2,50,57)(H,51,60)(H,52,62)(H,53,61)(H,54,63)(H,55,66)(H,56,67)(H,58,59)(H,64,65)/t35-,36-,37-,40-,41-,49-/m0/s1. The number of rotatable bonds is 24. The van der Waals surface area contributed by atoms with Crippen molar-refractivity contribution in [3.8, 4) is 11.1 Å². The number of ether oxygens (including phenoxy) is 1. The molecule has 0 unspecified atom stereocenters. The third-order valence-corrected chi connectivity index (χ3v) is 11.5. The third kappa shape index (κ3) is 14.6. The van der Waals surface area contributed by atoms with E-state index in [1.165, 1.54) is 6.92 Å². The number of fused-ring (bicyclic) bond motifs is 3. The molecule has 0 aliphatic heterocycles. The number of alkyl carbamates (subject to hydrolysis) is 1. The minimum absolute atomic E-state index is 0.00990. The summed E-state index contributed by atoms with van der Waals surface area (Å²) in [7, 11) is 0. The fraction of sp³-hybridized carbons (Fsp3) is 0.449. The number of aliphatic carboxylic acids is 2. The molecular weight excluding hydrogens is 879 g/mol. The first kappa shape index (κ1) is 53.3. The van der Waals surface area contributed by atoms with E-state index in [0.717, 1.165) is 22.3 Å². The van der Waals surface area contributed by atoms with Crippen molar-refractivity contribution in [2.75, 3.05) is 6.61 Å². The second-order valence-electron chi connectivity index (χ2n) is 18.3. The van der Waals surface area contributed by atoms with Crippen molar-refractivity contribution >= 4 is 53.5 Å². The van der Waals surface area contributed by atoms with Crippen LogP contribution in [-0.2, 0) is 49.5 Å². The number of primary amides is 1. The van der Waals surface area contributed by atoms with Crippen LogP contribution in [-0.4, -0.2) is 106 Å². The van der Waals surface area contributed by atoms with Gasteiger partial charge in [0, 0.05) is 12.3 Å². The summed E-state index contributed by atoms with van der Waals surface area (Å²) in [5, 5.41) is 34.0. The van der Waals surface area contributed by atoms with Crippen LogP contribution in [0.2, 0.25) is 0 Å². The number of nitrogens with two attached hydrogens (primary N) is 1. The molecule has 4 rings (SSSR count). The molecule has 0 bridgehead atoms. The first-order valence-electron chi connectivity index (χ1n) is 22.4. The highest BCUT2D eigenvalue weighted by Gasteiger charge is 2.41. The Labute approximate surface area is 395 Å². The topological polar surface area (TPSA) is 302 Å². The number of hydrogen-bond acceptors (Lipinski definition) is 10. The summed E-state index contributed by atoms with van der Waals surface area (Å²) in [4.78, 5) is 118. The summed E-state index contributed by atoms with van der Waals surface area (Å²) in [6.07, 6.45) is -2.69. The maximum atomic E-state index is 14.4. The van der Waals surface area contributed by atoms with Gasteiger partial charge in [-0.3, -0.25) is 33.6 Å². The van der Waals surface area contributed by atoms with Gasteiger partial charge in [-0.2, -0.15) is 0 Å². The highest BCUT2D eigenvalue weighted by Crippen LogP contribution is 2.44. The first-order chi connectivity index (χ1) is 32.0. The highest BCUT2D eigenvalue weighted by molar-refractivity contribution is 5.99. The molecule has 0 saturated carbocycles. The van der Waals surface area contributed by atoms with Gasteiger partial charge in [-0.1, -0.05) is 120 Å². The van der Waals surface area contributed by atoms with Gasteiger partial charge in [-0.25, -0.2) is 9.59 Å². The van der Waals surface area contributed by atoms with Crippen LogP contribution < -0.4 is 37.6 Å². The number of carbonyl (C=O) groups is 9. The molecule has 1 aliphatic carbocycles. The van der Waals surface area contributed by atoms with Gasteiger partial charge in [-0.05, 0) is 58.9 Å². The van der Waals surface area contributed by atoms with E-state index in [4.69, 9.17) is 10.5 Å². The molecular formula is C49H63N7O12. The van der Waals surface area contributed by atoms with E-state index in [0.29, 0.717) is 5.56 Å².